The SMILES string of the molecule is C[C@H](C(CO)CO)[C@@H](C)C(CO)CO. The van der Waals surface area contributed by atoms with E-state index in [1.165, 1.54) is 0 Å². The average Bonchev–Trinajstić information content (AvgIpc) is 2.21. The normalized spacial score (nSPS) is 16.3. The molecule has 4 heteroatoms. The van der Waals surface area contributed by atoms with Crippen molar-refractivity contribution in [3.05, 3.63) is 0 Å². The Bertz CT molecular complexity index is 116. The van der Waals surface area contributed by atoms with Gasteiger partial charge in [0.2, 0.25) is 0 Å². The van der Waals surface area contributed by atoms with Gasteiger partial charge in [0.05, 0.1) is 0 Å². The van der Waals surface area contributed by atoms with Crippen molar-refractivity contribution < 1.29 is 20.4 Å². The van der Waals surface area contributed by atoms with E-state index < -0.39 is 0 Å². The molecule has 0 aliphatic heterocycles. The predicted molar refractivity (Wildman–Crippen MR) is 53.7 cm³/mol. The maximum Gasteiger partial charge on any atom is 0.0483 e. The highest BCUT2D eigenvalue weighted by Crippen LogP contribution is 2.26. The lowest BCUT2D eigenvalue weighted by Gasteiger charge is -2.30. The van der Waals surface area contributed by atoms with E-state index in [4.69, 9.17) is 20.4 Å². The molecule has 0 aromatic carbocycles. The summed E-state index contributed by atoms with van der Waals surface area (Å²) in [5, 5.41) is 36.0. The number of aliphatic hydroxyl groups excluding tert-OH is 4. The molecular formula is C10H22O4. The van der Waals surface area contributed by atoms with Crippen molar-refractivity contribution >= 4 is 0 Å². The zero-order valence-electron chi connectivity index (χ0n) is 8.93. The second-order valence-corrected chi connectivity index (χ2v) is 3.97. The van der Waals surface area contributed by atoms with E-state index in [9.17, 15) is 0 Å². The molecule has 0 radical (unpaired) electrons. The van der Waals surface area contributed by atoms with E-state index in [-0.39, 0.29) is 50.1 Å². The summed E-state index contributed by atoms with van der Waals surface area (Å²) in [6.45, 7) is 3.58. The molecule has 0 aromatic rings. The van der Waals surface area contributed by atoms with Gasteiger partial charge in [0.15, 0.2) is 0 Å². The topological polar surface area (TPSA) is 80.9 Å². The van der Waals surface area contributed by atoms with Crippen LogP contribution in [0.4, 0.5) is 0 Å². The Morgan fingerprint density at radius 1 is 0.643 bits per heavy atom. The van der Waals surface area contributed by atoms with Gasteiger partial charge in [0.25, 0.3) is 0 Å². The second kappa shape index (κ2) is 7.17. The molecular weight excluding hydrogens is 184 g/mol. The lowest BCUT2D eigenvalue weighted by molar-refractivity contribution is 0.0384. The van der Waals surface area contributed by atoms with Crippen molar-refractivity contribution in [2.75, 3.05) is 26.4 Å². The first-order valence-corrected chi connectivity index (χ1v) is 5.05. The van der Waals surface area contributed by atoms with Crippen LogP contribution in [0.1, 0.15) is 13.8 Å². The van der Waals surface area contributed by atoms with E-state index in [0.717, 1.165) is 0 Å². The fourth-order valence-electron chi connectivity index (χ4n) is 1.64. The largest absolute Gasteiger partial charge is 0.396 e. The van der Waals surface area contributed by atoms with Gasteiger partial charge in [-0.1, -0.05) is 13.8 Å². The first kappa shape index (κ1) is 13.8. The predicted octanol–water partition coefficient (Wildman–Crippen LogP) is -0.540. The van der Waals surface area contributed by atoms with Gasteiger partial charge >= 0.3 is 0 Å². The van der Waals surface area contributed by atoms with Gasteiger partial charge < -0.3 is 20.4 Å². The zero-order valence-corrected chi connectivity index (χ0v) is 8.93. The van der Waals surface area contributed by atoms with Crippen LogP contribution < -0.4 is 0 Å². The molecule has 0 amide bonds. The Morgan fingerprint density at radius 2 is 0.857 bits per heavy atom. The van der Waals surface area contributed by atoms with Crippen molar-refractivity contribution in [2.24, 2.45) is 23.7 Å². The molecule has 0 fully saturated rings. The molecule has 0 aliphatic rings. The first-order valence-electron chi connectivity index (χ1n) is 5.05. The number of hydrogen-bond acceptors (Lipinski definition) is 4. The Morgan fingerprint density at radius 3 is 1.00 bits per heavy atom. The van der Waals surface area contributed by atoms with Gasteiger partial charge in [-0.15, -0.1) is 0 Å². The third kappa shape index (κ3) is 3.53. The lowest BCUT2D eigenvalue weighted by atomic mass is 9.78. The summed E-state index contributed by atoms with van der Waals surface area (Å²) in [6, 6.07) is 0. The molecule has 86 valence electrons. The molecule has 4 N–H and O–H groups in total. The van der Waals surface area contributed by atoms with E-state index in [1.807, 2.05) is 13.8 Å². The van der Waals surface area contributed by atoms with Crippen LogP contribution in [-0.2, 0) is 0 Å². The van der Waals surface area contributed by atoms with Crippen LogP contribution in [0.15, 0.2) is 0 Å². The van der Waals surface area contributed by atoms with E-state index in [2.05, 4.69) is 0 Å². The molecule has 4 nitrogen and oxygen atoms in total. The second-order valence-electron chi connectivity index (χ2n) is 3.97. The summed E-state index contributed by atoms with van der Waals surface area (Å²) < 4.78 is 0. The van der Waals surface area contributed by atoms with Crippen molar-refractivity contribution in [3.8, 4) is 0 Å². The van der Waals surface area contributed by atoms with Crippen molar-refractivity contribution in [1.29, 1.82) is 0 Å². The number of rotatable bonds is 7. The quantitative estimate of drug-likeness (QED) is 0.451. The Hall–Kier alpha value is -0.160. The standard InChI is InChI=1S/C10H22O4/c1-7(9(3-11)4-12)8(2)10(5-13)6-14/h7-14H,3-6H2,1-2H3/t7-,8+. The first-order chi connectivity index (χ1) is 6.62. The van der Waals surface area contributed by atoms with Gasteiger partial charge in [-0.2, -0.15) is 0 Å². The molecule has 0 rings (SSSR count). The molecule has 0 aromatic heterocycles. The van der Waals surface area contributed by atoms with Crippen LogP contribution in [0.2, 0.25) is 0 Å². The maximum atomic E-state index is 8.99. The van der Waals surface area contributed by atoms with Crippen LogP contribution >= 0.6 is 0 Å². The van der Waals surface area contributed by atoms with Gasteiger partial charge in [0.1, 0.15) is 0 Å². The highest BCUT2D eigenvalue weighted by Gasteiger charge is 2.27. The monoisotopic (exact) mass is 206 g/mol. The summed E-state index contributed by atoms with van der Waals surface area (Å²) in [4.78, 5) is 0. The lowest BCUT2D eigenvalue weighted by Crippen LogP contribution is -2.32. The van der Waals surface area contributed by atoms with Crippen LogP contribution in [0.25, 0.3) is 0 Å². The highest BCUT2D eigenvalue weighted by atomic mass is 16.3. The number of hydrogen-bond donors (Lipinski definition) is 4. The Labute approximate surface area is 85.2 Å². The van der Waals surface area contributed by atoms with Gasteiger partial charge in [-0.25, -0.2) is 0 Å². The summed E-state index contributed by atoms with van der Waals surface area (Å²) in [5.74, 6) is -0.195. The van der Waals surface area contributed by atoms with Gasteiger partial charge in [-0.05, 0) is 11.8 Å². The van der Waals surface area contributed by atoms with E-state index in [1.54, 1.807) is 0 Å². The molecule has 0 saturated heterocycles. The summed E-state index contributed by atoms with van der Waals surface area (Å²) in [5.41, 5.74) is 0. The highest BCUT2D eigenvalue weighted by molar-refractivity contribution is 4.75. The zero-order chi connectivity index (χ0) is 11.1. The molecule has 0 saturated carbocycles. The molecule has 0 spiro atoms. The summed E-state index contributed by atoms with van der Waals surface area (Å²) >= 11 is 0. The fraction of sp³-hybridized carbons (Fsp3) is 1.00. The van der Waals surface area contributed by atoms with Gasteiger partial charge in [-0.3, -0.25) is 0 Å². The van der Waals surface area contributed by atoms with E-state index in [0.29, 0.717) is 0 Å². The number of aliphatic hydroxyl groups is 4. The van der Waals surface area contributed by atoms with Crippen LogP contribution in [0.5, 0.6) is 0 Å². The molecule has 0 bridgehead atoms. The average molecular weight is 206 g/mol. The van der Waals surface area contributed by atoms with E-state index >= 15 is 0 Å². The van der Waals surface area contributed by atoms with Gasteiger partial charge in [0, 0.05) is 38.3 Å². The van der Waals surface area contributed by atoms with Crippen LogP contribution in [-0.4, -0.2) is 46.9 Å². The molecule has 0 aliphatic carbocycles. The Balaban J connectivity index is 4.26. The third-order valence-electron chi connectivity index (χ3n) is 3.25. The molecule has 14 heavy (non-hydrogen) atoms. The minimum Gasteiger partial charge on any atom is -0.396 e. The fourth-order valence-corrected chi connectivity index (χ4v) is 1.64. The van der Waals surface area contributed by atoms with Crippen LogP contribution in [0, 0.1) is 23.7 Å². The maximum absolute atomic E-state index is 8.99. The minimum atomic E-state index is -0.175. The molecule has 2 atom stereocenters. The van der Waals surface area contributed by atoms with Crippen molar-refractivity contribution in [2.45, 2.75) is 13.8 Å². The van der Waals surface area contributed by atoms with Crippen molar-refractivity contribution in [3.63, 3.8) is 0 Å². The summed E-state index contributed by atoms with van der Waals surface area (Å²) in [6.07, 6.45) is 0. The third-order valence-corrected chi connectivity index (χ3v) is 3.25. The van der Waals surface area contributed by atoms with Crippen molar-refractivity contribution in [1.82, 2.24) is 0 Å². The summed E-state index contributed by atoms with van der Waals surface area (Å²) in [7, 11) is 0. The van der Waals surface area contributed by atoms with Crippen LogP contribution in [0.3, 0.4) is 0 Å². The minimum absolute atomic E-state index is 0.0639. The Kier molecular flexibility index (Phi) is 7.09. The molecule has 0 heterocycles. The smallest absolute Gasteiger partial charge is 0.0483 e. The molecule has 0 unspecified atom stereocenters.